The largest absolute Gasteiger partial charge is 0.301 e. The van der Waals surface area contributed by atoms with Crippen molar-refractivity contribution in [2.75, 3.05) is 32.7 Å². The van der Waals surface area contributed by atoms with Crippen molar-refractivity contribution < 1.29 is 0 Å². The Balaban J connectivity index is 1.96. The predicted octanol–water partition coefficient (Wildman–Crippen LogP) is 2.83. The Morgan fingerprint density at radius 2 is 1.84 bits per heavy atom. The molecule has 0 unspecified atom stereocenters. The summed E-state index contributed by atoms with van der Waals surface area (Å²) in [7, 11) is 0. The highest BCUT2D eigenvalue weighted by Crippen LogP contribution is 2.27. The molecule has 108 valence electrons. The molecule has 0 atom stereocenters. The highest BCUT2D eigenvalue weighted by atomic mass is 32.1. The van der Waals surface area contributed by atoms with Gasteiger partial charge < -0.3 is 4.90 Å². The van der Waals surface area contributed by atoms with E-state index in [0.29, 0.717) is 5.92 Å². The van der Waals surface area contributed by atoms with Crippen LogP contribution in [0.1, 0.15) is 42.3 Å². The molecule has 1 saturated heterocycles. The Morgan fingerprint density at radius 1 is 1.21 bits per heavy atom. The average molecular weight is 300 g/mol. The van der Waals surface area contributed by atoms with Gasteiger partial charge in [0.15, 0.2) is 0 Å². The summed E-state index contributed by atoms with van der Waals surface area (Å²) in [6.07, 6.45) is 0. The van der Waals surface area contributed by atoms with Crippen LogP contribution >= 0.6 is 24.0 Å². The van der Waals surface area contributed by atoms with Crippen LogP contribution in [0.5, 0.6) is 0 Å². The number of likely N-dealkylation sites (N-methyl/N-ethyl adjacent to an activating group) is 1. The zero-order valence-corrected chi connectivity index (χ0v) is 13.9. The molecule has 1 aliphatic heterocycles. The Bertz CT molecular complexity index is 395. The van der Waals surface area contributed by atoms with Crippen LogP contribution < -0.4 is 0 Å². The molecule has 1 aromatic rings. The van der Waals surface area contributed by atoms with Gasteiger partial charge in [-0.1, -0.05) is 20.8 Å². The molecule has 1 aromatic heterocycles. The lowest BCUT2D eigenvalue weighted by atomic mass is 10.1. The molecule has 0 bridgehead atoms. The fraction of sp³-hybridized carbons (Fsp3) is 0.786. The normalized spacial score (nSPS) is 18.4. The number of thiazole rings is 1. The fourth-order valence-corrected chi connectivity index (χ4v) is 3.98. The summed E-state index contributed by atoms with van der Waals surface area (Å²) in [5.74, 6) is 1.32. The molecule has 1 aliphatic rings. The first-order valence-corrected chi connectivity index (χ1v) is 8.63. The van der Waals surface area contributed by atoms with Gasteiger partial charge in [-0.05, 0) is 12.5 Å². The van der Waals surface area contributed by atoms with E-state index in [0.717, 1.165) is 12.3 Å². The number of nitrogens with zero attached hydrogens (tertiary/aromatic N) is 3. The first-order chi connectivity index (χ1) is 9.13. The molecule has 5 heteroatoms. The lowest BCUT2D eigenvalue weighted by Gasteiger charge is -2.33. The van der Waals surface area contributed by atoms with Gasteiger partial charge in [0.1, 0.15) is 5.01 Å². The minimum atomic E-state index is 0.504. The third kappa shape index (κ3) is 3.94. The third-order valence-corrected chi connectivity index (χ3v) is 5.32. The van der Waals surface area contributed by atoms with Crippen LogP contribution in [0.2, 0.25) is 0 Å². The van der Waals surface area contributed by atoms with Crippen molar-refractivity contribution in [1.82, 2.24) is 14.8 Å². The lowest BCUT2D eigenvalue weighted by Crippen LogP contribution is -2.45. The van der Waals surface area contributed by atoms with Crippen LogP contribution in [0.4, 0.5) is 0 Å². The Kier molecular flexibility index (Phi) is 5.69. The van der Waals surface area contributed by atoms with Crippen molar-refractivity contribution in [3.8, 4) is 0 Å². The molecule has 0 aromatic carbocycles. The summed E-state index contributed by atoms with van der Waals surface area (Å²) in [5, 5.41) is 1.26. The van der Waals surface area contributed by atoms with E-state index in [2.05, 4.69) is 43.2 Å². The fourth-order valence-electron chi connectivity index (χ4n) is 2.50. The van der Waals surface area contributed by atoms with Crippen LogP contribution in [-0.4, -0.2) is 47.5 Å². The second-order valence-corrected chi connectivity index (χ2v) is 6.92. The van der Waals surface area contributed by atoms with Crippen LogP contribution in [0.25, 0.3) is 0 Å². The van der Waals surface area contributed by atoms with Crippen molar-refractivity contribution in [3.63, 3.8) is 0 Å². The van der Waals surface area contributed by atoms with Crippen LogP contribution in [0.15, 0.2) is 0 Å². The highest BCUT2D eigenvalue weighted by Gasteiger charge is 2.19. The van der Waals surface area contributed by atoms with Gasteiger partial charge in [-0.2, -0.15) is 12.6 Å². The van der Waals surface area contributed by atoms with Gasteiger partial charge in [-0.25, -0.2) is 4.98 Å². The number of hydrogen-bond acceptors (Lipinski definition) is 5. The molecule has 0 saturated carbocycles. The van der Waals surface area contributed by atoms with Gasteiger partial charge in [-0.3, -0.25) is 4.90 Å². The maximum absolute atomic E-state index is 4.83. The van der Waals surface area contributed by atoms with E-state index in [1.807, 2.05) is 11.3 Å². The third-order valence-electron chi connectivity index (χ3n) is 3.73. The smallest absolute Gasteiger partial charge is 0.107 e. The zero-order chi connectivity index (χ0) is 13.8. The van der Waals surface area contributed by atoms with Gasteiger partial charge >= 0.3 is 0 Å². The molecule has 19 heavy (non-hydrogen) atoms. The summed E-state index contributed by atoms with van der Waals surface area (Å²) in [4.78, 5) is 11.2. The topological polar surface area (TPSA) is 19.4 Å². The molecule has 0 aliphatic carbocycles. The molecular weight excluding hydrogens is 274 g/mol. The van der Waals surface area contributed by atoms with Crippen LogP contribution in [-0.2, 0) is 12.3 Å². The molecule has 2 rings (SSSR count). The number of hydrogen-bond donors (Lipinski definition) is 1. The predicted molar refractivity (Wildman–Crippen MR) is 86.3 cm³/mol. The highest BCUT2D eigenvalue weighted by molar-refractivity contribution is 7.79. The molecule has 3 nitrogen and oxygen atoms in total. The molecular formula is C14H25N3S2. The lowest BCUT2D eigenvalue weighted by molar-refractivity contribution is 0.132. The van der Waals surface area contributed by atoms with E-state index in [1.165, 1.54) is 48.3 Å². The Labute approximate surface area is 126 Å². The molecule has 1 fully saturated rings. The molecule has 0 radical (unpaired) electrons. The van der Waals surface area contributed by atoms with Crippen LogP contribution in [0, 0.1) is 0 Å². The summed E-state index contributed by atoms with van der Waals surface area (Å²) >= 11 is 6.27. The second kappa shape index (κ2) is 7.07. The van der Waals surface area contributed by atoms with E-state index in [-0.39, 0.29) is 0 Å². The summed E-state index contributed by atoms with van der Waals surface area (Å²) in [5.41, 5.74) is 1.25. The summed E-state index contributed by atoms with van der Waals surface area (Å²) < 4.78 is 0. The second-order valence-electron chi connectivity index (χ2n) is 5.44. The summed E-state index contributed by atoms with van der Waals surface area (Å²) in [6.45, 7) is 13.6. The van der Waals surface area contributed by atoms with E-state index in [4.69, 9.17) is 4.98 Å². The summed E-state index contributed by atoms with van der Waals surface area (Å²) in [6, 6.07) is 0. The number of rotatable bonds is 5. The molecule has 0 spiro atoms. The average Bonchev–Trinajstić information content (AvgIpc) is 2.83. The van der Waals surface area contributed by atoms with Gasteiger partial charge in [0, 0.05) is 36.8 Å². The maximum Gasteiger partial charge on any atom is 0.107 e. The number of thiol groups is 1. The molecule has 2 heterocycles. The van der Waals surface area contributed by atoms with E-state index < -0.39 is 0 Å². The zero-order valence-electron chi connectivity index (χ0n) is 12.2. The monoisotopic (exact) mass is 299 g/mol. The van der Waals surface area contributed by atoms with E-state index >= 15 is 0 Å². The van der Waals surface area contributed by atoms with Crippen molar-refractivity contribution in [2.24, 2.45) is 0 Å². The van der Waals surface area contributed by atoms with E-state index in [1.54, 1.807) is 0 Å². The van der Waals surface area contributed by atoms with Gasteiger partial charge in [-0.15, -0.1) is 11.3 Å². The van der Waals surface area contributed by atoms with Gasteiger partial charge in [0.25, 0.3) is 0 Å². The molecule has 0 amide bonds. The minimum Gasteiger partial charge on any atom is -0.301 e. The standard InChI is InChI=1S/C14H25N3S2/c1-4-16-5-7-17(8-6-16)9-13-15-14(11(2)3)12(10-18)19-13/h11,18H,4-10H2,1-3H3. The van der Waals surface area contributed by atoms with Crippen molar-refractivity contribution in [3.05, 3.63) is 15.6 Å². The minimum absolute atomic E-state index is 0.504. The Morgan fingerprint density at radius 3 is 2.32 bits per heavy atom. The number of piperazine rings is 1. The van der Waals surface area contributed by atoms with Crippen molar-refractivity contribution >= 4 is 24.0 Å². The van der Waals surface area contributed by atoms with Crippen molar-refractivity contribution in [1.29, 1.82) is 0 Å². The maximum atomic E-state index is 4.83. The van der Waals surface area contributed by atoms with Gasteiger partial charge in [0.2, 0.25) is 0 Å². The SMILES string of the molecule is CCN1CCN(Cc2nc(C(C)C)c(CS)s2)CC1. The quantitative estimate of drug-likeness (QED) is 0.844. The molecule has 0 N–H and O–H groups in total. The van der Waals surface area contributed by atoms with Crippen LogP contribution in [0.3, 0.4) is 0 Å². The van der Waals surface area contributed by atoms with Crippen molar-refractivity contribution in [2.45, 2.75) is 39.0 Å². The first kappa shape index (κ1) is 15.3. The number of aromatic nitrogens is 1. The Hall–Kier alpha value is -0.100. The first-order valence-electron chi connectivity index (χ1n) is 7.18. The van der Waals surface area contributed by atoms with Gasteiger partial charge in [0.05, 0.1) is 12.2 Å². The van der Waals surface area contributed by atoms with E-state index in [9.17, 15) is 0 Å².